The molecule has 1 aromatic heterocycles. The smallest absolute Gasteiger partial charge is 0.0557 e. The van der Waals surface area contributed by atoms with E-state index in [1.165, 1.54) is 5.56 Å². The highest BCUT2D eigenvalue weighted by Gasteiger charge is 2.35. The zero-order valence-corrected chi connectivity index (χ0v) is 10.3. The largest absolute Gasteiger partial charge is 0.396 e. The molecule has 1 fully saturated rings. The molecule has 0 spiro atoms. The Balaban J connectivity index is 1.90. The number of aliphatic hydroxyl groups excluding tert-OH is 1. The molecule has 2 rings (SSSR count). The second-order valence-corrected chi connectivity index (χ2v) is 4.99. The average molecular weight is 236 g/mol. The van der Waals surface area contributed by atoms with Crippen LogP contribution in [0.2, 0.25) is 0 Å². The highest BCUT2D eigenvalue weighted by atomic mass is 16.5. The minimum atomic E-state index is -0.0677. The van der Waals surface area contributed by atoms with Crippen molar-refractivity contribution in [3.8, 4) is 0 Å². The van der Waals surface area contributed by atoms with E-state index >= 15 is 0 Å². The number of nitrogens with zero attached hydrogens (tertiary/aromatic N) is 2. The number of aliphatic hydroxyl groups is 1. The van der Waals surface area contributed by atoms with E-state index in [-0.39, 0.29) is 12.0 Å². The monoisotopic (exact) mass is 236 g/mol. The molecule has 2 heterocycles. The van der Waals surface area contributed by atoms with Gasteiger partial charge in [-0.3, -0.25) is 4.98 Å². The molecule has 4 nitrogen and oxygen atoms in total. The predicted molar refractivity (Wildman–Crippen MR) is 65.5 cm³/mol. The van der Waals surface area contributed by atoms with Crippen molar-refractivity contribution < 1.29 is 9.84 Å². The molecule has 4 heteroatoms. The number of ether oxygens (including phenoxy) is 1. The standard InChI is InChI=1S/C13H20N2O2/c1-15(8-12-2-5-14-6-3-12)9-13(10-16)4-7-17-11-13/h2-3,5-6,16H,4,7-11H2,1H3. The van der Waals surface area contributed by atoms with Gasteiger partial charge in [-0.25, -0.2) is 0 Å². The Kier molecular flexibility index (Phi) is 4.10. The van der Waals surface area contributed by atoms with Crippen molar-refractivity contribution in [1.82, 2.24) is 9.88 Å². The van der Waals surface area contributed by atoms with Crippen LogP contribution in [0.3, 0.4) is 0 Å². The van der Waals surface area contributed by atoms with Gasteiger partial charge in [0.1, 0.15) is 0 Å². The van der Waals surface area contributed by atoms with Gasteiger partial charge in [0, 0.05) is 37.5 Å². The number of hydrogen-bond acceptors (Lipinski definition) is 4. The van der Waals surface area contributed by atoms with E-state index in [0.29, 0.717) is 6.61 Å². The fourth-order valence-electron chi connectivity index (χ4n) is 2.38. The van der Waals surface area contributed by atoms with Crippen LogP contribution in [0, 0.1) is 5.41 Å². The molecule has 1 unspecified atom stereocenters. The molecule has 1 saturated heterocycles. The summed E-state index contributed by atoms with van der Waals surface area (Å²) in [5.74, 6) is 0. The van der Waals surface area contributed by atoms with Gasteiger partial charge in [0.15, 0.2) is 0 Å². The van der Waals surface area contributed by atoms with Gasteiger partial charge >= 0.3 is 0 Å². The number of rotatable bonds is 5. The Labute approximate surface area is 102 Å². The zero-order chi connectivity index (χ0) is 12.1. The first-order valence-corrected chi connectivity index (χ1v) is 6.00. The van der Waals surface area contributed by atoms with E-state index in [1.807, 2.05) is 24.5 Å². The fourth-order valence-corrected chi connectivity index (χ4v) is 2.38. The molecular weight excluding hydrogens is 216 g/mol. The molecule has 1 atom stereocenters. The lowest BCUT2D eigenvalue weighted by Crippen LogP contribution is -2.38. The van der Waals surface area contributed by atoms with Crippen molar-refractivity contribution in [2.45, 2.75) is 13.0 Å². The summed E-state index contributed by atoms with van der Waals surface area (Å²) >= 11 is 0. The van der Waals surface area contributed by atoms with Gasteiger partial charge in [0.25, 0.3) is 0 Å². The third kappa shape index (κ3) is 3.25. The van der Waals surface area contributed by atoms with E-state index in [0.717, 1.165) is 26.1 Å². The number of pyridine rings is 1. The summed E-state index contributed by atoms with van der Waals surface area (Å²) in [5, 5.41) is 9.51. The van der Waals surface area contributed by atoms with Gasteiger partial charge in [0.05, 0.1) is 13.2 Å². The van der Waals surface area contributed by atoms with Crippen molar-refractivity contribution in [2.75, 3.05) is 33.4 Å². The molecule has 94 valence electrons. The minimum absolute atomic E-state index is 0.0677. The summed E-state index contributed by atoms with van der Waals surface area (Å²) in [6.07, 6.45) is 4.57. The molecule has 0 radical (unpaired) electrons. The van der Waals surface area contributed by atoms with Crippen LogP contribution >= 0.6 is 0 Å². The van der Waals surface area contributed by atoms with Crippen LogP contribution in [0.1, 0.15) is 12.0 Å². The summed E-state index contributed by atoms with van der Waals surface area (Å²) in [6, 6.07) is 4.04. The molecule has 0 aromatic carbocycles. The van der Waals surface area contributed by atoms with Crippen LogP contribution in [-0.4, -0.2) is 48.4 Å². The maximum absolute atomic E-state index is 9.51. The van der Waals surface area contributed by atoms with Crippen molar-refractivity contribution in [3.63, 3.8) is 0 Å². The molecule has 1 aromatic rings. The Bertz CT molecular complexity index is 337. The van der Waals surface area contributed by atoms with Crippen molar-refractivity contribution in [2.24, 2.45) is 5.41 Å². The zero-order valence-electron chi connectivity index (χ0n) is 10.3. The third-order valence-electron chi connectivity index (χ3n) is 3.33. The van der Waals surface area contributed by atoms with Crippen molar-refractivity contribution in [3.05, 3.63) is 30.1 Å². The summed E-state index contributed by atoms with van der Waals surface area (Å²) in [7, 11) is 2.08. The molecule has 0 amide bonds. The van der Waals surface area contributed by atoms with Crippen LogP contribution in [0.25, 0.3) is 0 Å². The van der Waals surface area contributed by atoms with Gasteiger partial charge in [-0.2, -0.15) is 0 Å². The van der Waals surface area contributed by atoms with Gasteiger partial charge < -0.3 is 14.7 Å². The first kappa shape index (κ1) is 12.5. The van der Waals surface area contributed by atoms with E-state index < -0.39 is 0 Å². The third-order valence-corrected chi connectivity index (χ3v) is 3.33. The Morgan fingerprint density at radius 1 is 1.47 bits per heavy atom. The van der Waals surface area contributed by atoms with Crippen LogP contribution < -0.4 is 0 Å². The van der Waals surface area contributed by atoms with Gasteiger partial charge in [-0.15, -0.1) is 0 Å². The normalized spacial score (nSPS) is 24.4. The molecule has 0 saturated carbocycles. The van der Waals surface area contributed by atoms with E-state index in [1.54, 1.807) is 0 Å². The molecule has 1 N–H and O–H groups in total. The van der Waals surface area contributed by atoms with Crippen LogP contribution in [0.15, 0.2) is 24.5 Å². The molecule has 1 aliphatic rings. The second kappa shape index (κ2) is 5.58. The molecular formula is C13H20N2O2. The lowest BCUT2D eigenvalue weighted by atomic mass is 9.88. The lowest BCUT2D eigenvalue weighted by Gasteiger charge is -2.30. The first-order chi connectivity index (χ1) is 8.24. The minimum Gasteiger partial charge on any atom is -0.396 e. The second-order valence-electron chi connectivity index (χ2n) is 4.99. The van der Waals surface area contributed by atoms with Crippen LogP contribution in [0.4, 0.5) is 0 Å². The highest BCUT2D eigenvalue weighted by molar-refractivity contribution is 5.09. The van der Waals surface area contributed by atoms with Gasteiger partial charge in [-0.05, 0) is 31.2 Å². The fraction of sp³-hybridized carbons (Fsp3) is 0.615. The molecule has 1 aliphatic heterocycles. The van der Waals surface area contributed by atoms with Gasteiger partial charge in [0.2, 0.25) is 0 Å². The van der Waals surface area contributed by atoms with E-state index in [4.69, 9.17) is 4.74 Å². The molecule has 17 heavy (non-hydrogen) atoms. The first-order valence-electron chi connectivity index (χ1n) is 6.00. The summed E-state index contributed by atoms with van der Waals surface area (Å²) in [6.45, 7) is 3.39. The SMILES string of the molecule is CN(Cc1ccncc1)CC1(CO)CCOC1. The van der Waals surface area contributed by atoms with Gasteiger partial charge in [-0.1, -0.05) is 0 Å². The topological polar surface area (TPSA) is 45.6 Å². The highest BCUT2D eigenvalue weighted by Crippen LogP contribution is 2.29. The summed E-state index contributed by atoms with van der Waals surface area (Å²) < 4.78 is 5.41. The van der Waals surface area contributed by atoms with E-state index in [9.17, 15) is 5.11 Å². The lowest BCUT2D eigenvalue weighted by molar-refractivity contribution is 0.0625. The average Bonchev–Trinajstić information content (AvgIpc) is 2.79. The van der Waals surface area contributed by atoms with Crippen molar-refractivity contribution >= 4 is 0 Å². The maximum atomic E-state index is 9.51. The van der Waals surface area contributed by atoms with E-state index in [2.05, 4.69) is 16.9 Å². The summed E-state index contributed by atoms with van der Waals surface area (Å²) in [5.41, 5.74) is 1.18. The Hall–Kier alpha value is -0.970. The quantitative estimate of drug-likeness (QED) is 0.825. The molecule has 0 bridgehead atoms. The maximum Gasteiger partial charge on any atom is 0.0557 e. The van der Waals surface area contributed by atoms with Crippen LogP contribution in [0.5, 0.6) is 0 Å². The van der Waals surface area contributed by atoms with Crippen LogP contribution in [-0.2, 0) is 11.3 Å². The molecule has 0 aliphatic carbocycles. The Morgan fingerprint density at radius 3 is 2.82 bits per heavy atom. The predicted octanol–water partition coefficient (Wildman–Crippen LogP) is 0.912. The Morgan fingerprint density at radius 2 is 2.24 bits per heavy atom. The summed E-state index contributed by atoms with van der Waals surface area (Å²) in [4.78, 5) is 6.24. The number of aromatic nitrogens is 1. The number of hydrogen-bond donors (Lipinski definition) is 1. The van der Waals surface area contributed by atoms with Crippen molar-refractivity contribution in [1.29, 1.82) is 0 Å².